The van der Waals surface area contributed by atoms with Crippen LogP contribution < -0.4 is 0 Å². The highest BCUT2D eigenvalue weighted by atomic mass is 19.1. The number of hydrogen-bond acceptors (Lipinski definition) is 4. The lowest BCUT2D eigenvalue weighted by atomic mass is 9.94. The molecule has 0 unspecified atom stereocenters. The third-order valence-electron chi connectivity index (χ3n) is 5.80. The fourth-order valence-electron chi connectivity index (χ4n) is 4.09. The van der Waals surface area contributed by atoms with Gasteiger partial charge < -0.3 is 19.3 Å². The van der Waals surface area contributed by atoms with Crippen molar-refractivity contribution in [2.24, 2.45) is 5.92 Å². The van der Waals surface area contributed by atoms with Gasteiger partial charge >= 0.3 is 0 Å². The van der Waals surface area contributed by atoms with Gasteiger partial charge in [-0.05, 0) is 43.4 Å². The Kier molecular flexibility index (Phi) is 8.00. The van der Waals surface area contributed by atoms with Crippen LogP contribution in [-0.2, 0) is 25.5 Å². The Morgan fingerprint density at radius 1 is 1.21 bits per heavy atom. The van der Waals surface area contributed by atoms with Crippen LogP contribution in [0.4, 0.5) is 4.39 Å². The van der Waals surface area contributed by atoms with Gasteiger partial charge in [-0.25, -0.2) is 4.39 Å². The van der Waals surface area contributed by atoms with Crippen molar-refractivity contribution in [1.29, 1.82) is 0 Å². The molecular weight excluding hydrogens is 375 g/mol. The number of rotatable bonds is 8. The summed E-state index contributed by atoms with van der Waals surface area (Å²) in [7, 11) is 1.65. The normalized spacial score (nSPS) is 20.9. The molecule has 0 spiro atoms. The van der Waals surface area contributed by atoms with E-state index in [2.05, 4.69) is 0 Å². The molecule has 2 aliphatic heterocycles. The van der Waals surface area contributed by atoms with Crippen LogP contribution in [0.3, 0.4) is 0 Å². The van der Waals surface area contributed by atoms with Gasteiger partial charge in [0.15, 0.2) is 0 Å². The lowest BCUT2D eigenvalue weighted by molar-refractivity contribution is -0.144. The molecule has 0 saturated carbocycles. The molecule has 1 atom stereocenters. The SMILES string of the molecule is COCCOC1CCN(C(=O)[C@H]2CCC(=O)N(CCc3cccc(F)c3)C2)CC1. The van der Waals surface area contributed by atoms with Gasteiger partial charge in [0.1, 0.15) is 5.82 Å². The van der Waals surface area contributed by atoms with E-state index >= 15 is 0 Å². The minimum absolute atomic E-state index is 0.0794. The molecule has 1 aromatic rings. The molecule has 2 amide bonds. The van der Waals surface area contributed by atoms with Crippen LogP contribution >= 0.6 is 0 Å². The van der Waals surface area contributed by atoms with Crippen molar-refractivity contribution in [3.8, 4) is 0 Å². The Balaban J connectivity index is 1.47. The average molecular weight is 406 g/mol. The van der Waals surface area contributed by atoms with Gasteiger partial charge in [0.05, 0.1) is 25.2 Å². The average Bonchev–Trinajstić information content (AvgIpc) is 2.73. The van der Waals surface area contributed by atoms with Gasteiger partial charge in [-0.2, -0.15) is 0 Å². The molecule has 3 rings (SSSR count). The second kappa shape index (κ2) is 10.7. The number of piperidine rings is 2. The van der Waals surface area contributed by atoms with Crippen molar-refractivity contribution >= 4 is 11.8 Å². The zero-order valence-electron chi connectivity index (χ0n) is 17.1. The standard InChI is InChI=1S/C22H31FN2O4/c1-28-13-14-29-20-8-11-24(12-9-20)22(27)18-5-6-21(26)25(16-18)10-7-17-3-2-4-19(23)15-17/h2-4,15,18,20H,5-14,16H2,1H3/t18-/m0/s1. The molecule has 0 aromatic heterocycles. The summed E-state index contributed by atoms with van der Waals surface area (Å²) in [5, 5.41) is 0. The molecular formula is C22H31FN2O4. The van der Waals surface area contributed by atoms with E-state index in [1.165, 1.54) is 12.1 Å². The van der Waals surface area contributed by atoms with Crippen LogP contribution in [-0.4, -0.2) is 74.2 Å². The molecule has 2 heterocycles. The van der Waals surface area contributed by atoms with E-state index in [4.69, 9.17) is 9.47 Å². The van der Waals surface area contributed by atoms with Crippen molar-refractivity contribution in [3.63, 3.8) is 0 Å². The van der Waals surface area contributed by atoms with Crippen LogP contribution in [0.5, 0.6) is 0 Å². The Morgan fingerprint density at radius 2 is 2.00 bits per heavy atom. The van der Waals surface area contributed by atoms with Gasteiger partial charge in [0.25, 0.3) is 0 Å². The Morgan fingerprint density at radius 3 is 2.72 bits per heavy atom. The zero-order chi connectivity index (χ0) is 20.6. The van der Waals surface area contributed by atoms with Crippen molar-refractivity contribution in [1.82, 2.24) is 9.80 Å². The van der Waals surface area contributed by atoms with E-state index in [0.717, 1.165) is 18.4 Å². The first kappa shape index (κ1) is 21.7. The lowest BCUT2D eigenvalue weighted by Gasteiger charge is -2.37. The predicted octanol–water partition coefficient (Wildman–Crippen LogP) is 2.26. The van der Waals surface area contributed by atoms with Crippen LogP contribution in [0.25, 0.3) is 0 Å². The van der Waals surface area contributed by atoms with E-state index in [1.807, 2.05) is 11.0 Å². The number of benzene rings is 1. The third kappa shape index (κ3) is 6.24. The number of methoxy groups -OCH3 is 1. The van der Waals surface area contributed by atoms with E-state index < -0.39 is 0 Å². The third-order valence-corrected chi connectivity index (χ3v) is 5.80. The molecule has 7 heteroatoms. The highest BCUT2D eigenvalue weighted by Crippen LogP contribution is 2.23. The van der Waals surface area contributed by atoms with Crippen LogP contribution in [0.2, 0.25) is 0 Å². The molecule has 0 aliphatic carbocycles. The Bertz CT molecular complexity index is 691. The number of hydrogen-bond donors (Lipinski definition) is 0. The lowest BCUT2D eigenvalue weighted by Crippen LogP contribution is -2.49. The highest BCUT2D eigenvalue weighted by molar-refractivity contribution is 5.84. The summed E-state index contributed by atoms with van der Waals surface area (Å²) < 4.78 is 24.1. The molecule has 1 aromatic carbocycles. The summed E-state index contributed by atoms with van der Waals surface area (Å²) in [4.78, 5) is 28.9. The summed E-state index contributed by atoms with van der Waals surface area (Å²) >= 11 is 0. The summed E-state index contributed by atoms with van der Waals surface area (Å²) in [6, 6.07) is 6.45. The number of halogens is 1. The summed E-state index contributed by atoms with van der Waals surface area (Å²) in [6.45, 7) is 3.54. The number of ether oxygens (including phenoxy) is 2. The first-order valence-electron chi connectivity index (χ1n) is 10.5. The summed E-state index contributed by atoms with van der Waals surface area (Å²) in [5.41, 5.74) is 0.863. The first-order valence-corrected chi connectivity index (χ1v) is 10.5. The maximum atomic E-state index is 13.4. The van der Waals surface area contributed by atoms with Crippen LogP contribution in [0, 0.1) is 11.7 Å². The number of carbonyl (C=O) groups excluding carboxylic acids is 2. The molecule has 6 nitrogen and oxygen atoms in total. The summed E-state index contributed by atoms with van der Waals surface area (Å²) in [6.07, 6.45) is 3.46. The van der Waals surface area contributed by atoms with E-state index in [-0.39, 0.29) is 29.7 Å². The quantitative estimate of drug-likeness (QED) is 0.622. The largest absolute Gasteiger partial charge is 0.382 e. The van der Waals surface area contributed by atoms with E-state index in [0.29, 0.717) is 58.7 Å². The highest BCUT2D eigenvalue weighted by Gasteiger charge is 2.34. The Hall–Kier alpha value is -1.99. The second-order valence-electron chi connectivity index (χ2n) is 7.84. The zero-order valence-corrected chi connectivity index (χ0v) is 17.1. The van der Waals surface area contributed by atoms with Crippen molar-refractivity contribution in [3.05, 3.63) is 35.6 Å². The van der Waals surface area contributed by atoms with Crippen LogP contribution in [0.15, 0.2) is 24.3 Å². The fraction of sp³-hybridized carbons (Fsp3) is 0.636. The smallest absolute Gasteiger partial charge is 0.227 e. The van der Waals surface area contributed by atoms with Gasteiger partial charge in [-0.3, -0.25) is 9.59 Å². The molecule has 160 valence electrons. The molecule has 0 radical (unpaired) electrons. The molecule has 2 saturated heterocycles. The number of amides is 2. The molecule has 2 aliphatic rings. The monoisotopic (exact) mass is 406 g/mol. The number of likely N-dealkylation sites (tertiary alicyclic amines) is 2. The maximum Gasteiger partial charge on any atom is 0.227 e. The van der Waals surface area contributed by atoms with Crippen LogP contribution in [0.1, 0.15) is 31.2 Å². The molecule has 29 heavy (non-hydrogen) atoms. The van der Waals surface area contributed by atoms with Crippen molar-refractivity contribution < 1.29 is 23.5 Å². The van der Waals surface area contributed by atoms with Crippen molar-refractivity contribution in [2.75, 3.05) is 46.5 Å². The van der Waals surface area contributed by atoms with E-state index in [1.54, 1.807) is 18.1 Å². The molecule has 2 fully saturated rings. The minimum atomic E-state index is -0.268. The van der Waals surface area contributed by atoms with E-state index in [9.17, 15) is 14.0 Å². The van der Waals surface area contributed by atoms with Gasteiger partial charge in [-0.1, -0.05) is 12.1 Å². The minimum Gasteiger partial charge on any atom is -0.382 e. The van der Waals surface area contributed by atoms with Crippen molar-refractivity contribution in [2.45, 2.75) is 38.2 Å². The first-order chi connectivity index (χ1) is 14.1. The van der Waals surface area contributed by atoms with Gasteiger partial charge in [0.2, 0.25) is 11.8 Å². The summed E-state index contributed by atoms with van der Waals surface area (Å²) in [5.74, 6) is -0.194. The fourth-order valence-corrected chi connectivity index (χ4v) is 4.09. The molecule has 0 N–H and O–H groups in total. The second-order valence-corrected chi connectivity index (χ2v) is 7.84. The predicted molar refractivity (Wildman–Crippen MR) is 107 cm³/mol. The number of carbonyl (C=O) groups is 2. The topological polar surface area (TPSA) is 59.1 Å². The maximum absolute atomic E-state index is 13.4. The van der Waals surface area contributed by atoms with Gasteiger partial charge in [-0.15, -0.1) is 0 Å². The Labute approximate surface area is 171 Å². The van der Waals surface area contributed by atoms with Gasteiger partial charge in [0, 0.05) is 39.7 Å². The molecule has 0 bridgehead atoms. The number of nitrogens with zero attached hydrogens (tertiary/aromatic N) is 2.